The number of benzene rings is 2. The van der Waals surface area contributed by atoms with E-state index >= 15 is 0 Å². The van der Waals surface area contributed by atoms with Crippen molar-refractivity contribution in [1.82, 2.24) is 4.98 Å². The number of carbonyl (C=O) groups excluding carboxylic acids is 2. The van der Waals surface area contributed by atoms with Crippen LogP contribution in [0, 0.1) is 6.92 Å². The minimum absolute atomic E-state index is 0.119. The highest BCUT2D eigenvalue weighted by Gasteiger charge is 2.16. The van der Waals surface area contributed by atoms with Crippen molar-refractivity contribution in [3.05, 3.63) is 66.4 Å². The predicted molar refractivity (Wildman–Crippen MR) is 104 cm³/mol. The first-order chi connectivity index (χ1) is 12.5. The molecular formula is C21H21N3O2. The van der Waals surface area contributed by atoms with Crippen LogP contribution in [0.2, 0.25) is 0 Å². The molecule has 5 heteroatoms. The Morgan fingerprint density at radius 3 is 2.62 bits per heavy atom. The first-order valence-electron chi connectivity index (χ1n) is 8.53. The standard InChI is InChI=1S/C21H21N3O2/c1-15-6-3-9-18(14-15)23-20(26)11-13-24(16(2)25)19-10-4-7-17-8-5-12-22-21(17)19/h3-10,12,14H,11,13H2,1-2H3,(H,23,26). The van der Waals surface area contributed by atoms with E-state index in [-0.39, 0.29) is 18.2 Å². The van der Waals surface area contributed by atoms with Crippen LogP contribution in [0.15, 0.2) is 60.8 Å². The topological polar surface area (TPSA) is 62.3 Å². The van der Waals surface area contributed by atoms with E-state index in [0.29, 0.717) is 6.54 Å². The number of pyridine rings is 1. The number of rotatable bonds is 5. The van der Waals surface area contributed by atoms with Crippen LogP contribution in [-0.2, 0) is 9.59 Å². The van der Waals surface area contributed by atoms with Gasteiger partial charge in [0.2, 0.25) is 11.8 Å². The number of hydrogen-bond acceptors (Lipinski definition) is 3. The summed E-state index contributed by atoms with van der Waals surface area (Å²) in [6.07, 6.45) is 1.91. The van der Waals surface area contributed by atoms with Crippen LogP contribution in [-0.4, -0.2) is 23.3 Å². The lowest BCUT2D eigenvalue weighted by Crippen LogP contribution is -2.32. The largest absolute Gasteiger partial charge is 0.326 e. The van der Waals surface area contributed by atoms with E-state index in [1.807, 2.05) is 61.5 Å². The van der Waals surface area contributed by atoms with Crippen molar-refractivity contribution < 1.29 is 9.59 Å². The smallest absolute Gasteiger partial charge is 0.226 e. The van der Waals surface area contributed by atoms with Crippen molar-refractivity contribution in [2.24, 2.45) is 0 Å². The molecule has 0 bridgehead atoms. The second kappa shape index (κ2) is 7.78. The molecule has 1 aromatic heterocycles. The zero-order valence-corrected chi connectivity index (χ0v) is 14.9. The van der Waals surface area contributed by atoms with E-state index in [1.165, 1.54) is 6.92 Å². The molecular weight excluding hydrogens is 326 g/mol. The maximum Gasteiger partial charge on any atom is 0.226 e. The van der Waals surface area contributed by atoms with E-state index in [4.69, 9.17) is 0 Å². The van der Waals surface area contributed by atoms with Gasteiger partial charge in [0, 0.05) is 37.2 Å². The Morgan fingerprint density at radius 1 is 1.08 bits per heavy atom. The lowest BCUT2D eigenvalue weighted by molar-refractivity contribution is -0.117. The average Bonchev–Trinajstić information content (AvgIpc) is 2.62. The zero-order chi connectivity index (χ0) is 18.5. The molecule has 0 aliphatic rings. The SMILES string of the molecule is CC(=O)N(CCC(=O)Nc1cccc(C)c1)c1cccc2cccnc12. The molecule has 5 nitrogen and oxygen atoms in total. The molecule has 0 atom stereocenters. The number of carbonyl (C=O) groups is 2. The maximum atomic E-state index is 12.3. The van der Waals surface area contributed by atoms with Gasteiger partial charge in [-0.3, -0.25) is 14.6 Å². The summed E-state index contributed by atoms with van der Waals surface area (Å²) in [5, 5.41) is 3.83. The van der Waals surface area contributed by atoms with Crippen molar-refractivity contribution in [2.45, 2.75) is 20.3 Å². The summed E-state index contributed by atoms with van der Waals surface area (Å²) in [4.78, 5) is 30.4. The first kappa shape index (κ1) is 17.6. The molecule has 0 radical (unpaired) electrons. The van der Waals surface area contributed by atoms with Crippen LogP contribution < -0.4 is 10.2 Å². The lowest BCUT2D eigenvalue weighted by Gasteiger charge is -2.22. The van der Waals surface area contributed by atoms with Crippen molar-refractivity contribution in [3.63, 3.8) is 0 Å². The summed E-state index contributed by atoms with van der Waals surface area (Å²) in [5.41, 5.74) is 3.31. The fourth-order valence-corrected chi connectivity index (χ4v) is 2.91. The van der Waals surface area contributed by atoms with Gasteiger partial charge in [-0.05, 0) is 36.8 Å². The van der Waals surface area contributed by atoms with E-state index in [0.717, 1.165) is 27.8 Å². The summed E-state index contributed by atoms with van der Waals surface area (Å²) in [6.45, 7) is 3.77. The zero-order valence-electron chi connectivity index (χ0n) is 14.9. The number of nitrogens with zero attached hydrogens (tertiary/aromatic N) is 2. The Kier molecular flexibility index (Phi) is 5.27. The summed E-state index contributed by atoms with van der Waals surface area (Å²) in [6, 6.07) is 17.1. The van der Waals surface area contributed by atoms with Crippen LogP contribution >= 0.6 is 0 Å². The van der Waals surface area contributed by atoms with E-state index in [1.54, 1.807) is 11.1 Å². The quantitative estimate of drug-likeness (QED) is 0.761. The third-order valence-electron chi connectivity index (χ3n) is 4.15. The Balaban J connectivity index is 1.75. The molecule has 0 saturated heterocycles. The molecule has 1 N–H and O–H groups in total. The van der Waals surface area contributed by atoms with Crippen molar-refractivity contribution in [2.75, 3.05) is 16.8 Å². The van der Waals surface area contributed by atoms with Gasteiger partial charge in [0.15, 0.2) is 0 Å². The number of aromatic nitrogens is 1. The van der Waals surface area contributed by atoms with Gasteiger partial charge in [-0.1, -0.05) is 30.3 Å². The van der Waals surface area contributed by atoms with Gasteiger partial charge in [-0.25, -0.2) is 0 Å². The number of aryl methyl sites for hydroxylation is 1. The summed E-state index contributed by atoms with van der Waals surface area (Å²) in [5.74, 6) is -0.249. The summed E-state index contributed by atoms with van der Waals surface area (Å²) >= 11 is 0. The Bertz CT molecular complexity index is 947. The summed E-state index contributed by atoms with van der Waals surface area (Å²) < 4.78 is 0. The normalized spacial score (nSPS) is 10.5. The Hall–Kier alpha value is -3.21. The van der Waals surface area contributed by atoms with Gasteiger partial charge >= 0.3 is 0 Å². The number of amides is 2. The second-order valence-electron chi connectivity index (χ2n) is 6.19. The molecule has 2 aromatic carbocycles. The van der Waals surface area contributed by atoms with Crippen molar-refractivity contribution >= 4 is 34.1 Å². The molecule has 0 spiro atoms. The number of para-hydroxylation sites is 1. The highest BCUT2D eigenvalue weighted by Crippen LogP contribution is 2.25. The van der Waals surface area contributed by atoms with Gasteiger partial charge in [-0.2, -0.15) is 0 Å². The highest BCUT2D eigenvalue weighted by molar-refractivity contribution is 6.01. The number of fused-ring (bicyclic) bond motifs is 1. The van der Waals surface area contributed by atoms with Gasteiger partial charge < -0.3 is 10.2 Å². The van der Waals surface area contributed by atoms with E-state index in [2.05, 4.69) is 10.3 Å². The highest BCUT2D eigenvalue weighted by atomic mass is 16.2. The Labute approximate surface area is 152 Å². The molecule has 0 fully saturated rings. The number of nitrogens with one attached hydrogen (secondary N) is 1. The molecule has 26 heavy (non-hydrogen) atoms. The van der Waals surface area contributed by atoms with Crippen molar-refractivity contribution in [1.29, 1.82) is 0 Å². The molecule has 132 valence electrons. The second-order valence-corrected chi connectivity index (χ2v) is 6.19. The fourth-order valence-electron chi connectivity index (χ4n) is 2.91. The molecule has 1 heterocycles. The van der Waals surface area contributed by atoms with Gasteiger partial charge in [0.1, 0.15) is 0 Å². The van der Waals surface area contributed by atoms with E-state index < -0.39 is 0 Å². The fraction of sp³-hybridized carbons (Fsp3) is 0.190. The maximum absolute atomic E-state index is 12.3. The van der Waals surface area contributed by atoms with Crippen LogP contribution in [0.3, 0.4) is 0 Å². The molecule has 0 saturated carbocycles. The number of anilines is 2. The van der Waals surface area contributed by atoms with Crippen molar-refractivity contribution in [3.8, 4) is 0 Å². The molecule has 3 aromatic rings. The molecule has 0 unspecified atom stereocenters. The molecule has 0 aliphatic heterocycles. The third kappa shape index (κ3) is 4.06. The summed E-state index contributed by atoms with van der Waals surface area (Å²) in [7, 11) is 0. The van der Waals surface area contributed by atoms with Crippen LogP contribution in [0.25, 0.3) is 10.9 Å². The van der Waals surface area contributed by atoms with Crippen LogP contribution in [0.4, 0.5) is 11.4 Å². The lowest BCUT2D eigenvalue weighted by atomic mass is 10.1. The molecule has 0 aliphatic carbocycles. The predicted octanol–water partition coefficient (Wildman–Crippen LogP) is 3.92. The molecule has 2 amide bonds. The van der Waals surface area contributed by atoms with Gasteiger partial charge in [0.25, 0.3) is 0 Å². The van der Waals surface area contributed by atoms with E-state index in [9.17, 15) is 9.59 Å². The van der Waals surface area contributed by atoms with Gasteiger partial charge in [-0.15, -0.1) is 0 Å². The third-order valence-corrected chi connectivity index (χ3v) is 4.15. The minimum Gasteiger partial charge on any atom is -0.326 e. The average molecular weight is 347 g/mol. The number of hydrogen-bond donors (Lipinski definition) is 1. The molecule has 3 rings (SSSR count). The van der Waals surface area contributed by atoms with Crippen LogP contribution in [0.1, 0.15) is 18.9 Å². The minimum atomic E-state index is -0.130. The Morgan fingerprint density at radius 2 is 1.85 bits per heavy atom. The van der Waals surface area contributed by atoms with Gasteiger partial charge in [0.05, 0.1) is 11.2 Å². The van der Waals surface area contributed by atoms with Crippen LogP contribution in [0.5, 0.6) is 0 Å². The first-order valence-corrected chi connectivity index (χ1v) is 8.53. The monoisotopic (exact) mass is 347 g/mol.